The Bertz CT molecular complexity index is 1050. The quantitative estimate of drug-likeness (QED) is 0.664. The lowest BCUT2D eigenvalue weighted by molar-refractivity contribution is -0.0371. The van der Waals surface area contributed by atoms with Gasteiger partial charge in [0.2, 0.25) is 0 Å². The van der Waals surface area contributed by atoms with Crippen molar-refractivity contribution in [3.8, 4) is 11.8 Å². The summed E-state index contributed by atoms with van der Waals surface area (Å²) in [5.74, 6) is 0.939. The number of hydrogen-bond donors (Lipinski definition) is 0. The second-order valence-corrected chi connectivity index (χ2v) is 7.65. The Morgan fingerprint density at radius 2 is 1.93 bits per heavy atom. The lowest BCUT2D eigenvalue weighted by atomic mass is 10.1. The molecular formula is C24H25N3O2. The summed E-state index contributed by atoms with van der Waals surface area (Å²) in [7, 11) is 0. The van der Waals surface area contributed by atoms with Crippen molar-refractivity contribution in [1.29, 1.82) is 5.26 Å². The average Bonchev–Trinajstić information content (AvgIpc) is 2.72. The molecule has 0 N–H and O–H groups in total. The summed E-state index contributed by atoms with van der Waals surface area (Å²) in [6, 6.07) is 16.2. The van der Waals surface area contributed by atoms with Crippen molar-refractivity contribution in [3.05, 3.63) is 65.4 Å². The van der Waals surface area contributed by atoms with Crippen LogP contribution in [0.3, 0.4) is 0 Å². The molecule has 0 aliphatic carbocycles. The maximum absolute atomic E-state index is 9.40. The molecule has 3 aromatic rings. The van der Waals surface area contributed by atoms with Gasteiger partial charge >= 0.3 is 0 Å². The van der Waals surface area contributed by atoms with Gasteiger partial charge in [-0.15, -0.1) is 0 Å². The zero-order valence-electron chi connectivity index (χ0n) is 17.1. The van der Waals surface area contributed by atoms with E-state index in [0.717, 1.165) is 46.6 Å². The van der Waals surface area contributed by atoms with Crippen LogP contribution in [0.15, 0.2) is 48.7 Å². The van der Waals surface area contributed by atoms with E-state index < -0.39 is 0 Å². The van der Waals surface area contributed by atoms with Gasteiger partial charge in [-0.25, -0.2) is 0 Å². The van der Waals surface area contributed by atoms with Crippen LogP contribution in [0.25, 0.3) is 10.9 Å². The largest absolute Gasteiger partial charge is 0.490 e. The summed E-state index contributed by atoms with van der Waals surface area (Å²) in [6.07, 6.45) is 1.77. The topological polar surface area (TPSA) is 58.4 Å². The fraction of sp³-hybridized carbons (Fsp3) is 0.333. The SMILES string of the molecule is Cc1cccc(C)c1OC[C@H]1CN(c2ccc(C#N)c3ncccc23)C[C@@H](C)O1. The Morgan fingerprint density at radius 3 is 2.69 bits per heavy atom. The molecule has 1 fully saturated rings. The molecule has 2 heterocycles. The first-order valence-corrected chi connectivity index (χ1v) is 9.94. The van der Waals surface area contributed by atoms with Gasteiger partial charge < -0.3 is 14.4 Å². The number of morpholine rings is 1. The lowest BCUT2D eigenvalue weighted by Crippen LogP contribution is -2.49. The zero-order chi connectivity index (χ0) is 20.4. The minimum atomic E-state index is -0.0416. The smallest absolute Gasteiger partial charge is 0.125 e. The van der Waals surface area contributed by atoms with Gasteiger partial charge in [-0.1, -0.05) is 18.2 Å². The number of aryl methyl sites for hydroxylation is 2. The maximum Gasteiger partial charge on any atom is 0.125 e. The number of ether oxygens (including phenoxy) is 2. The predicted octanol–water partition coefficient (Wildman–Crippen LogP) is 4.40. The van der Waals surface area contributed by atoms with Crippen LogP contribution in [0.5, 0.6) is 5.75 Å². The molecule has 0 radical (unpaired) electrons. The zero-order valence-corrected chi connectivity index (χ0v) is 17.1. The van der Waals surface area contributed by atoms with Gasteiger partial charge in [-0.05, 0) is 56.2 Å². The number of hydrogen-bond acceptors (Lipinski definition) is 5. The third-order valence-corrected chi connectivity index (χ3v) is 5.36. The first-order valence-electron chi connectivity index (χ1n) is 9.94. The fourth-order valence-electron chi connectivity index (χ4n) is 4.06. The molecule has 5 heteroatoms. The number of para-hydroxylation sites is 1. The first kappa shape index (κ1) is 19.2. The van der Waals surface area contributed by atoms with Crippen molar-refractivity contribution in [2.24, 2.45) is 0 Å². The fourth-order valence-corrected chi connectivity index (χ4v) is 4.06. The van der Waals surface area contributed by atoms with E-state index in [-0.39, 0.29) is 12.2 Å². The molecule has 0 amide bonds. The van der Waals surface area contributed by atoms with Gasteiger partial charge in [0, 0.05) is 30.4 Å². The monoisotopic (exact) mass is 387 g/mol. The van der Waals surface area contributed by atoms with Crippen LogP contribution in [0, 0.1) is 25.2 Å². The number of nitriles is 1. The van der Waals surface area contributed by atoms with Crippen LogP contribution in [-0.2, 0) is 4.74 Å². The molecule has 5 nitrogen and oxygen atoms in total. The summed E-state index contributed by atoms with van der Waals surface area (Å²) in [6.45, 7) is 8.23. The van der Waals surface area contributed by atoms with Gasteiger partial charge in [-0.2, -0.15) is 5.26 Å². The van der Waals surface area contributed by atoms with Crippen molar-refractivity contribution in [2.45, 2.75) is 33.0 Å². The number of pyridine rings is 1. The lowest BCUT2D eigenvalue weighted by Gasteiger charge is -2.38. The van der Waals surface area contributed by atoms with Crippen molar-refractivity contribution in [2.75, 3.05) is 24.6 Å². The average molecular weight is 387 g/mol. The van der Waals surface area contributed by atoms with E-state index >= 15 is 0 Å². The van der Waals surface area contributed by atoms with E-state index in [1.54, 1.807) is 6.20 Å². The van der Waals surface area contributed by atoms with E-state index in [2.05, 4.69) is 48.9 Å². The standard InChI is InChI=1S/C24H25N3O2/c1-16-6-4-7-17(2)24(16)28-15-20-14-27(13-18(3)29-20)22-10-9-19(12-25)23-21(22)8-5-11-26-23/h4-11,18,20H,13-15H2,1-3H3/t18-,20-/m1/s1. The van der Waals surface area contributed by atoms with E-state index in [0.29, 0.717) is 12.2 Å². The molecule has 1 aliphatic rings. The molecule has 4 rings (SSSR count). The third kappa shape index (κ3) is 3.90. The minimum Gasteiger partial charge on any atom is -0.490 e. The Hall–Kier alpha value is -3.10. The van der Waals surface area contributed by atoms with E-state index in [4.69, 9.17) is 9.47 Å². The van der Waals surface area contributed by atoms with Crippen molar-refractivity contribution < 1.29 is 9.47 Å². The molecule has 0 saturated carbocycles. The second-order valence-electron chi connectivity index (χ2n) is 7.65. The molecule has 2 aromatic carbocycles. The van der Waals surface area contributed by atoms with Crippen LogP contribution in [0.1, 0.15) is 23.6 Å². The highest BCUT2D eigenvalue weighted by atomic mass is 16.5. The van der Waals surface area contributed by atoms with Crippen molar-refractivity contribution in [1.82, 2.24) is 4.98 Å². The number of anilines is 1. The number of benzene rings is 2. The Morgan fingerprint density at radius 1 is 1.14 bits per heavy atom. The number of fused-ring (bicyclic) bond motifs is 1. The van der Waals surface area contributed by atoms with Crippen LogP contribution in [0.4, 0.5) is 5.69 Å². The summed E-state index contributed by atoms with van der Waals surface area (Å²) in [5.41, 5.74) is 4.69. The molecule has 0 spiro atoms. The molecule has 1 aliphatic heterocycles. The highest BCUT2D eigenvalue weighted by Crippen LogP contribution is 2.30. The molecule has 148 valence electrons. The van der Waals surface area contributed by atoms with Gasteiger partial charge in [0.15, 0.2) is 0 Å². The normalized spacial score (nSPS) is 19.2. The summed E-state index contributed by atoms with van der Waals surface area (Å²) in [4.78, 5) is 6.75. The summed E-state index contributed by atoms with van der Waals surface area (Å²) < 4.78 is 12.3. The Labute approximate surface area is 171 Å². The van der Waals surface area contributed by atoms with E-state index in [1.807, 2.05) is 30.3 Å². The molecular weight excluding hydrogens is 362 g/mol. The first-order chi connectivity index (χ1) is 14.1. The Balaban J connectivity index is 1.57. The number of nitrogens with zero attached hydrogens (tertiary/aromatic N) is 3. The van der Waals surface area contributed by atoms with Crippen LogP contribution < -0.4 is 9.64 Å². The van der Waals surface area contributed by atoms with Crippen molar-refractivity contribution >= 4 is 16.6 Å². The van der Waals surface area contributed by atoms with Crippen LogP contribution in [-0.4, -0.2) is 36.9 Å². The minimum absolute atomic E-state index is 0.0416. The molecule has 1 saturated heterocycles. The van der Waals surface area contributed by atoms with Crippen LogP contribution in [0.2, 0.25) is 0 Å². The van der Waals surface area contributed by atoms with Gasteiger partial charge in [-0.3, -0.25) is 4.98 Å². The Kier molecular flexibility index (Phi) is 5.37. The molecule has 0 unspecified atom stereocenters. The highest BCUT2D eigenvalue weighted by Gasteiger charge is 2.27. The predicted molar refractivity (Wildman–Crippen MR) is 114 cm³/mol. The maximum atomic E-state index is 9.40. The molecule has 0 bridgehead atoms. The summed E-state index contributed by atoms with van der Waals surface area (Å²) >= 11 is 0. The van der Waals surface area contributed by atoms with E-state index in [1.165, 1.54) is 0 Å². The third-order valence-electron chi connectivity index (χ3n) is 5.36. The van der Waals surface area contributed by atoms with Crippen molar-refractivity contribution in [3.63, 3.8) is 0 Å². The van der Waals surface area contributed by atoms with Crippen LogP contribution >= 0.6 is 0 Å². The molecule has 29 heavy (non-hydrogen) atoms. The molecule has 1 aromatic heterocycles. The van der Waals surface area contributed by atoms with Gasteiger partial charge in [0.1, 0.15) is 24.5 Å². The molecule has 2 atom stereocenters. The van der Waals surface area contributed by atoms with E-state index in [9.17, 15) is 5.26 Å². The number of aromatic nitrogens is 1. The summed E-state index contributed by atoms with van der Waals surface area (Å²) in [5, 5.41) is 10.4. The van der Waals surface area contributed by atoms with Gasteiger partial charge in [0.05, 0.1) is 17.2 Å². The highest BCUT2D eigenvalue weighted by molar-refractivity contribution is 5.95. The van der Waals surface area contributed by atoms with Gasteiger partial charge in [0.25, 0.3) is 0 Å². The number of rotatable bonds is 4. The second kappa shape index (κ2) is 8.10.